The Morgan fingerprint density at radius 2 is 1.73 bits per heavy atom. The van der Waals surface area contributed by atoms with E-state index >= 15 is 0 Å². The second-order valence-corrected chi connectivity index (χ2v) is 7.51. The first-order valence-electron chi connectivity index (χ1n) is 8.66. The highest BCUT2D eigenvalue weighted by molar-refractivity contribution is 7.99. The zero-order valence-electron chi connectivity index (χ0n) is 14.8. The Labute approximate surface area is 157 Å². The van der Waals surface area contributed by atoms with Crippen molar-refractivity contribution in [3.05, 3.63) is 64.7 Å². The number of amides is 2. The number of nitrogens with one attached hydrogen (secondary N) is 1. The summed E-state index contributed by atoms with van der Waals surface area (Å²) in [4.78, 5) is 27.1. The Morgan fingerprint density at radius 1 is 1.08 bits per heavy atom. The van der Waals surface area contributed by atoms with Crippen LogP contribution in [0.4, 0.5) is 5.69 Å². The van der Waals surface area contributed by atoms with Gasteiger partial charge in [0, 0.05) is 48.0 Å². The summed E-state index contributed by atoms with van der Waals surface area (Å²) in [5, 5.41) is 2.92. The predicted octanol–water partition coefficient (Wildman–Crippen LogP) is 2.90. The van der Waals surface area contributed by atoms with Gasteiger partial charge in [0.2, 0.25) is 0 Å². The Bertz CT molecular complexity index is 799. The van der Waals surface area contributed by atoms with Crippen LogP contribution in [0.25, 0.3) is 0 Å². The van der Waals surface area contributed by atoms with E-state index in [1.54, 1.807) is 18.2 Å². The van der Waals surface area contributed by atoms with Crippen LogP contribution in [-0.2, 0) is 6.54 Å². The highest BCUT2D eigenvalue weighted by atomic mass is 32.2. The molecule has 6 heteroatoms. The first-order chi connectivity index (χ1) is 12.6. The number of thioether (sulfide) groups is 1. The van der Waals surface area contributed by atoms with Crippen molar-refractivity contribution in [1.29, 1.82) is 0 Å². The van der Waals surface area contributed by atoms with Crippen molar-refractivity contribution in [3.63, 3.8) is 0 Å². The summed E-state index contributed by atoms with van der Waals surface area (Å²) in [5.74, 6) is 1.77. The fraction of sp³-hybridized carbons (Fsp3) is 0.300. The highest BCUT2D eigenvalue weighted by Gasteiger charge is 2.19. The monoisotopic (exact) mass is 369 g/mol. The third-order valence-electron chi connectivity index (χ3n) is 4.48. The Balaban J connectivity index is 1.76. The molecule has 0 aromatic heterocycles. The van der Waals surface area contributed by atoms with Crippen LogP contribution in [0.2, 0.25) is 0 Å². The van der Waals surface area contributed by atoms with Crippen LogP contribution in [0.1, 0.15) is 31.8 Å². The smallest absolute Gasteiger partial charge is 0.255 e. The van der Waals surface area contributed by atoms with E-state index < -0.39 is 0 Å². The molecule has 0 spiro atoms. The maximum atomic E-state index is 12.7. The van der Waals surface area contributed by atoms with Gasteiger partial charge in [0.15, 0.2) is 0 Å². The van der Waals surface area contributed by atoms with E-state index in [4.69, 9.17) is 5.73 Å². The summed E-state index contributed by atoms with van der Waals surface area (Å²) in [6, 6.07) is 12.7. The topological polar surface area (TPSA) is 75.4 Å². The van der Waals surface area contributed by atoms with Gasteiger partial charge >= 0.3 is 0 Å². The maximum absolute atomic E-state index is 12.7. The molecule has 1 fully saturated rings. The van der Waals surface area contributed by atoms with E-state index in [1.165, 1.54) is 0 Å². The number of aryl methyl sites for hydroxylation is 1. The van der Waals surface area contributed by atoms with Gasteiger partial charge in [-0.3, -0.25) is 9.59 Å². The SMILES string of the molecule is Cc1ccc(C(=O)N2CCSCC2)cc1NC(=O)c1ccc(CN)cc1. The standard InChI is InChI=1S/C20H23N3O2S/c1-14-2-5-17(20(25)23-8-10-26-11-9-23)12-18(14)22-19(24)16-6-3-15(13-21)4-7-16/h2-7,12H,8-11,13,21H2,1H3,(H,22,24). The number of rotatable bonds is 4. The van der Waals surface area contributed by atoms with E-state index in [-0.39, 0.29) is 11.8 Å². The van der Waals surface area contributed by atoms with Crippen LogP contribution in [-0.4, -0.2) is 41.3 Å². The molecule has 0 radical (unpaired) electrons. The van der Waals surface area contributed by atoms with Gasteiger partial charge in [-0.1, -0.05) is 18.2 Å². The van der Waals surface area contributed by atoms with Crippen molar-refractivity contribution >= 4 is 29.3 Å². The molecule has 1 saturated heterocycles. The minimum absolute atomic E-state index is 0.0214. The van der Waals surface area contributed by atoms with Crippen molar-refractivity contribution in [2.45, 2.75) is 13.5 Å². The Morgan fingerprint density at radius 3 is 2.38 bits per heavy atom. The molecule has 26 heavy (non-hydrogen) atoms. The van der Waals surface area contributed by atoms with Crippen molar-refractivity contribution in [2.75, 3.05) is 29.9 Å². The molecule has 0 saturated carbocycles. The molecular weight excluding hydrogens is 346 g/mol. The largest absolute Gasteiger partial charge is 0.337 e. The molecule has 0 atom stereocenters. The molecule has 5 nitrogen and oxygen atoms in total. The number of nitrogens with zero attached hydrogens (tertiary/aromatic N) is 1. The molecule has 1 aliphatic rings. The normalized spacial score (nSPS) is 14.2. The van der Waals surface area contributed by atoms with Crippen LogP contribution >= 0.6 is 11.8 Å². The van der Waals surface area contributed by atoms with Gasteiger partial charge in [-0.15, -0.1) is 0 Å². The molecular formula is C20H23N3O2S. The molecule has 0 unspecified atom stereocenters. The second-order valence-electron chi connectivity index (χ2n) is 6.29. The average molecular weight is 369 g/mol. The Hall–Kier alpha value is -2.31. The molecule has 3 N–H and O–H groups in total. The fourth-order valence-corrected chi connectivity index (χ4v) is 3.73. The number of hydrogen-bond acceptors (Lipinski definition) is 4. The van der Waals surface area contributed by atoms with Crippen molar-refractivity contribution < 1.29 is 9.59 Å². The molecule has 0 aliphatic carbocycles. The van der Waals surface area contributed by atoms with Crippen LogP contribution in [0.15, 0.2) is 42.5 Å². The highest BCUT2D eigenvalue weighted by Crippen LogP contribution is 2.20. The van der Waals surface area contributed by atoms with Gasteiger partial charge in [-0.25, -0.2) is 0 Å². The van der Waals surface area contributed by atoms with E-state index in [0.717, 1.165) is 35.7 Å². The minimum Gasteiger partial charge on any atom is -0.337 e. The van der Waals surface area contributed by atoms with E-state index in [1.807, 2.05) is 47.9 Å². The number of carbonyl (C=O) groups is 2. The number of carbonyl (C=O) groups excluding carboxylic acids is 2. The van der Waals surface area contributed by atoms with Gasteiger partial charge in [0.25, 0.3) is 11.8 Å². The molecule has 2 aromatic rings. The van der Waals surface area contributed by atoms with E-state index in [0.29, 0.717) is 23.4 Å². The fourth-order valence-electron chi connectivity index (χ4n) is 2.83. The lowest BCUT2D eigenvalue weighted by atomic mass is 10.1. The van der Waals surface area contributed by atoms with Crippen LogP contribution in [0.5, 0.6) is 0 Å². The van der Waals surface area contributed by atoms with Crippen LogP contribution in [0.3, 0.4) is 0 Å². The van der Waals surface area contributed by atoms with Gasteiger partial charge in [-0.05, 0) is 42.3 Å². The zero-order chi connectivity index (χ0) is 18.5. The minimum atomic E-state index is -0.198. The van der Waals surface area contributed by atoms with Gasteiger partial charge in [0.1, 0.15) is 0 Å². The van der Waals surface area contributed by atoms with Gasteiger partial charge in [-0.2, -0.15) is 11.8 Å². The molecule has 1 aliphatic heterocycles. The summed E-state index contributed by atoms with van der Waals surface area (Å²) >= 11 is 1.87. The van der Waals surface area contributed by atoms with Crippen molar-refractivity contribution in [2.24, 2.45) is 5.73 Å². The lowest BCUT2D eigenvalue weighted by molar-refractivity contribution is 0.0772. The van der Waals surface area contributed by atoms with Gasteiger partial charge < -0.3 is 16.0 Å². The lowest BCUT2D eigenvalue weighted by Crippen LogP contribution is -2.37. The average Bonchev–Trinajstić information content (AvgIpc) is 2.69. The van der Waals surface area contributed by atoms with Crippen LogP contribution < -0.4 is 11.1 Å². The number of benzene rings is 2. The quantitative estimate of drug-likeness (QED) is 0.869. The summed E-state index contributed by atoms with van der Waals surface area (Å²) in [7, 11) is 0. The summed E-state index contributed by atoms with van der Waals surface area (Å²) in [6.45, 7) is 3.90. The van der Waals surface area contributed by atoms with Gasteiger partial charge in [0.05, 0.1) is 0 Å². The summed E-state index contributed by atoms with van der Waals surface area (Å²) < 4.78 is 0. The number of anilines is 1. The van der Waals surface area contributed by atoms with E-state index in [9.17, 15) is 9.59 Å². The molecule has 2 amide bonds. The molecule has 2 aromatic carbocycles. The Kier molecular flexibility index (Phi) is 5.96. The first kappa shape index (κ1) is 18.5. The molecule has 3 rings (SSSR count). The predicted molar refractivity (Wildman–Crippen MR) is 107 cm³/mol. The maximum Gasteiger partial charge on any atom is 0.255 e. The zero-order valence-corrected chi connectivity index (χ0v) is 15.6. The van der Waals surface area contributed by atoms with Crippen molar-refractivity contribution in [1.82, 2.24) is 4.90 Å². The molecule has 0 bridgehead atoms. The lowest BCUT2D eigenvalue weighted by Gasteiger charge is -2.26. The van der Waals surface area contributed by atoms with Crippen LogP contribution in [0, 0.1) is 6.92 Å². The number of hydrogen-bond donors (Lipinski definition) is 2. The summed E-state index contributed by atoms with van der Waals surface area (Å²) in [6.07, 6.45) is 0. The van der Waals surface area contributed by atoms with Crippen molar-refractivity contribution in [3.8, 4) is 0 Å². The number of nitrogens with two attached hydrogens (primary N) is 1. The first-order valence-corrected chi connectivity index (χ1v) is 9.82. The second kappa shape index (κ2) is 8.38. The summed E-state index contributed by atoms with van der Waals surface area (Å²) in [5.41, 5.74) is 9.32. The molecule has 136 valence electrons. The third-order valence-corrected chi connectivity index (χ3v) is 5.43. The third kappa shape index (κ3) is 4.26. The van der Waals surface area contributed by atoms with E-state index in [2.05, 4.69) is 5.32 Å². The molecule has 1 heterocycles.